The molecule has 1 saturated heterocycles. The minimum absolute atomic E-state index is 0.0186. The van der Waals surface area contributed by atoms with Gasteiger partial charge in [0.15, 0.2) is 0 Å². The van der Waals surface area contributed by atoms with Crippen LogP contribution in [0.15, 0.2) is 60.8 Å². The Kier molecular flexibility index (Phi) is 6.09. The van der Waals surface area contributed by atoms with Gasteiger partial charge in [-0.05, 0) is 36.1 Å². The van der Waals surface area contributed by atoms with Crippen LogP contribution >= 0.6 is 0 Å². The first kappa shape index (κ1) is 20.3. The third-order valence-corrected chi connectivity index (χ3v) is 6.84. The van der Waals surface area contributed by atoms with E-state index in [0.29, 0.717) is 6.54 Å². The summed E-state index contributed by atoms with van der Waals surface area (Å²) in [5.41, 5.74) is 3.34. The molecule has 1 unspecified atom stereocenters. The van der Waals surface area contributed by atoms with Crippen LogP contribution in [0.3, 0.4) is 0 Å². The van der Waals surface area contributed by atoms with Crippen molar-refractivity contribution in [3.63, 3.8) is 0 Å². The summed E-state index contributed by atoms with van der Waals surface area (Å²) in [4.78, 5) is 5.18. The van der Waals surface area contributed by atoms with Crippen LogP contribution in [0.1, 0.15) is 48.5 Å². The van der Waals surface area contributed by atoms with E-state index in [1.165, 1.54) is 31.2 Å². The van der Waals surface area contributed by atoms with Crippen molar-refractivity contribution in [1.29, 1.82) is 0 Å². The Morgan fingerprint density at radius 1 is 0.903 bits per heavy atom. The molecule has 3 aromatic rings. The van der Waals surface area contributed by atoms with Crippen LogP contribution in [0.5, 0.6) is 0 Å². The number of halogens is 1. The first-order valence-corrected chi connectivity index (χ1v) is 11.4. The lowest BCUT2D eigenvalue weighted by Crippen LogP contribution is -2.51. The van der Waals surface area contributed by atoms with Gasteiger partial charge in [-0.25, -0.2) is 9.07 Å². The molecular formula is C25H30FN5. The summed E-state index contributed by atoms with van der Waals surface area (Å²) in [7, 11) is 0. The van der Waals surface area contributed by atoms with E-state index in [9.17, 15) is 4.39 Å². The van der Waals surface area contributed by atoms with Crippen molar-refractivity contribution in [2.45, 2.75) is 44.3 Å². The molecule has 162 valence electrons. The second-order valence-corrected chi connectivity index (χ2v) is 8.77. The molecule has 1 aliphatic heterocycles. The molecule has 1 atom stereocenters. The number of benzene rings is 2. The second-order valence-electron chi connectivity index (χ2n) is 8.77. The highest BCUT2D eigenvalue weighted by Gasteiger charge is 2.32. The topological polar surface area (TPSA) is 37.2 Å². The molecule has 0 spiro atoms. The minimum atomic E-state index is -0.204. The Balaban J connectivity index is 1.41. The van der Waals surface area contributed by atoms with Gasteiger partial charge in [-0.1, -0.05) is 60.5 Å². The van der Waals surface area contributed by atoms with Gasteiger partial charge >= 0.3 is 0 Å². The number of rotatable bonds is 6. The lowest BCUT2D eigenvalue weighted by molar-refractivity contribution is 0.0782. The zero-order valence-corrected chi connectivity index (χ0v) is 17.9. The molecule has 2 fully saturated rings. The maximum atomic E-state index is 13.7. The van der Waals surface area contributed by atoms with E-state index in [0.717, 1.165) is 43.5 Å². The fourth-order valence-corrected chi connectivity index (χ4v) is 5.20. The van der Waals surface area contributed by atoms with E-state index >= 15 is 0 Å². The van der Waals surface area contributed by atoms with Crippen LogP contribution in [-0.2, 0) is 6.54 Å². The van der Waals surface area contributed by atoms with E-state index in [-0.39, 0.29) is 11.9 Å². The fourth-order valence-electron chi connectivity index (χ4n) is 5.20. The lowest BCUT2D eigenvalue weighted by atomic mass is 10.0. The zero-order valence-electron chi connectivity index (χ0n) is 17.9. The van der Waals surface area contributed by atoms with E-state index in [1.807, 2.05) is 41.2 Å². The molecule has 0 amide bonds. The molecule has 5 nitrogen and oxygen atoms in total. The van der Waals surface area contributed by atoms with Gasteiger partial charge in [-0.3, -0.25) is 9.80 Å². The molecule has 2 heterocycles. The van der Waals surface area contributed by atoms with Crippen molar-refractivity contribution in [1.82, 2.24) is 24.8 Å². The van der Waals surface area contributed by atoms with E-state index < -0.39 is 0 Å². The summed E-state index contributed by atoms with van der Waals surface area (Å²) < 4.78 is 15.7. The van der Waals surface area contributed by atoms with Crippen LogP contribution in [-0.4, -0.2) is 57.0 Å². The SMILES string of the molecule is Fc1ccc(C(c2cnnn2Cc2ccccc2)N2CCN(C3CCCC3)CC2)cc1. The molecule has 5 rings (SSSR count). The van der Waals surface area contributed by atoms with Crippen molar-refractivity contribution in [2.75, 3.05) is 26.2 Å². The largest absolute Gasteiger partial charge is 0.298 e. The standard InChI is InChI=1S/C25H30FN5/c26-22-12-10-21(11-13-22)25(30-16-14-29(15-17-30)23-8-4-5-9-23)24-18-27-28-31(24)19-20-6-2-1-3-7-20/h1-3,6-7,10-13,18,23,25H,4-5,8-9,14-17,19H2. The molecule has 1 aliphatic carbocycles. The summed E-state index contributed by atoms with van der Waals surface area (Å²) in [6, 6.07) is 18.0. The fraction of sp³-hybridized carbons (Fsp3) is 0.440. The highest BCUT2D eigenvalue weighted by atomic mass is 19.1. The normalized spacial score (nSPS) is 19.6. The van der Waals surface area contributed by atoms with Crippen LogP contribution in [0.2, 0.25) is 0 Å². The summed E-state index contributed by atoms with van der Waals surface area (Å²) in [6.45, 7) is 4.84. The smallest absolute Gasteiger partial charge is 0.123 e. The number of hydrogen-bond donors (Lipinski definition) is 0. The monoisotopic (exact) mass is 419 g/mol. The van der Waals surface area contributed by atoms with Gasteiger partial charge < -0.3 is 0 Å². The number of piperazine rings is 1. The second kappa shape index (κ2) is 9.28. The van der Waals surface area contributed by atoms with Crippen molar-refractivity contribution >= 4 is 0 Å². The Bertz CT molecular complexity index is 957. The Morgan fingerprint density at radius 3 is 2.32 bits per heavy atom. The van der Waals surface area contributed by atoms with E-state index in [4.69, 9.17) is 0 Å². The Hall–Kier alpha value is -2.57. The summed E-state index contributed by atoms with van der Waals surface area (Å²) in [5, 5.41) is 8.66. The highest BCUT2D eigenvalue weighted by molar-refractivity contribution is 5.28. The average molecular weight is 420 g/mol. The maximum Gasteiger partial charge on any atom is 0.123 e. The average Bonchev–Trinajstić information content (AvgIpc) is 3.50. The van der Waals surface area contributed by atoms with Crippen LogP contribution < -0.4 is 0 Å². The van der Waals surface area contributed by atoms with Gasteiger partial charge in [0, 0.05) is 32.2 Å². The molecule has 2 aromatic carbocycles. The maximum absolute atomic E-state index is 13.7. The van der Waals surface area contributed by atoms with Crippen LogP contribution in [0, 0.1) is 5.82 Å². The van der Waals surface area contributed by atoms with Gasteiger partial charge in [0.25, 0.3) is 0 Å². The lowest BCUT2D eigenvalue weighted by Gasteiger charge is -2.41. The van der Waals surface area contributed by atoms with Crippen molar-refractivity contribution in [3.8, 4) is 0 Å². The van der Waals surface area contributed by atoms with Crippen molar-refractivity contribution in [2.24, 2.45) is 0 Å². The third kappa shape index (κ3) is 4.55. The molecule has 0 bridgehead atoms. The molecule has 6 heteroatoms. The Morgan fingerprint density at radius 2 is 1.61 bits per heavy atom. The van der Waals surface area contributed by atoms with Gasteiger partial charge in [0.05, 0.1) is 24.5 Å². The van der Waals surface area contributed by atoms with Crippen molar-refractivity contribution < 1.29 is 4.39 Å². The Labute approximate surface area is 183 Å². The van der Waals surface area contributed by atoms with Gasteiger partial charge in [0.1, 0.15) is 5.82 Å². The molecule has 1 saturated carbocycles. The quantitative estimate of drug-likeness (QED) is 0.603. The summed E-state index contributed by atoms with van der Waals surface area (Å²) in [6.07, 6.45) is 7.30. The number of hydrogen-bond acceptors (Lipinski definition) is 4. The van der Waals surface area contributed by atoms with Gasteiger partial charge in [-0.15, -0.1) is 5.10 Å². The van der Waals surface area contributed by atoms with Crippen LogP contribution in [0.25, 0.3) is 0 Å². The first-order valence-electron chi connectivity index (χ1n) is 11.4. The van der Waals surface area contributed by atoms with E-state index in [2.05, 4.69) is 32.2 Å². The highest BCUT2D eigenvalue weighted by Crippen LogP contribution is 2.31. The molecule has 1 aromatic heterocycles. The summed E-state index contributed by atoms with van der Waals surface area (Å²) in [5.74, 6) is -0.204. The number of nitrogens with zero attached hydrogens (tertiary/aromatic N) is 5. The van der Waals surface area contributed by atoms with Crippen molar-refractivity contribution in [3.05, 3.63) is 83.4 Å². The predicted octanol–water partition coefficient (Wildman–Crippen LogP) is 4.12. The summed E-state index contributed by atoms with van der Waals surface area (Å²) >= 11 is 0. The minimum Gasteiger partial charge on any atom is -0.298 e. The molecular weight excluding hydrogens is 389 g/mol. The van der Waals surface area contributed by atoms with Crippen LogP contribution in [0.4, 0.5) is 4.39 Å². The van der Waals surface area contributed by atoms with Gasteiger partial charge in [0.2, 0.25) is 0 Å². The zero-order chi connectivity index (χ0) is 21.0. The molecule has 2 aliphatic rings. The third-order valence-electron chi connectivity index (χ3n) is 6.84. The molecule has 31 heavy (non-hydrogen) atoms. The molecule has 0 radical (unpaired) electrons. The number of aromatic nitrogens is 3. The molecule has 0 N–H and O–H groups in total. The van der Waals surface area contributed by atoms with E-state index in [1.54, 1.807) is 12.1 Å². The predicted molar refractivity (Wildman–Crippen MR) is 119 cm³/mol. The first-order chi connectivity index (χ1) is 15.3. The van der Waals surface area contributed by atoms with Gasteiger partial charge in [-0.2, -0.15) is 0 Å².